The predicted molar refractivity (Wildman–Crippen MR) is 144 cm³/mol. The molecule has 0 aliphatic carbocycles. The standard InChI is InChI=1S/C31H27NO5/c33-30(34)23-11-3-7-20(19-23)16-17-22-10-4-13-25-26(29(31(35)36)32-28(22)25)14-6-18-37-27-15-5-9-21-8-1-2-12-24(21)27/h1-5,7-13,15,19,32H,6,14,16-18H2,(H,33,34)(H,35,36). The third kappa shape index (κ3) is 5.19. The smallest absolute Gasteiger partial charge is 0.352 e. The Bertz CT molecular complexity index is 1600. The average Bonchev–Trinajstić information content (AvgIpc) is 3.29. The summed E-state index contributed by atoms with van der Waals surface area (Å²) in [7, 11) is 0. The van der Waals surface area contributed by atoms with Crippen molar-refractivity contribution in [2.24, 2.45) is 0 Å². The molecule has 0 bridgehead atoms. The maximum absolute atomic E-state index is 12.1. The van der Waals surface area contributed by atoms with Crippen LogP contribution in [-0.2, 0) is 19.3 Å². The average molecular weight is 494 g/mol. The lowest BCUT2D eigenvalue weighted by Gasteiger charge is -2.09. The quantitative estimate of drug-likeness (QED) is 0.193. The van der Waals surface area contributed by atoms with Crippen molar-refractivity contribution in [2.75, 3.05) is 6.61 Å². The number of carboxylic acid groups (broad SMARTS) is 2. The number of aryl methyl sites for hydroxylation is 3. The van der Waals surface area contributed by atoms with Crippen LogP contribution in [0.4, 0.5) is 0 Å². The largest absolute Gasteiger partial charge is 0.493 e. The van der Waals surface area contributed by atoms with E-state index in [2.05, 4.69) is 4.98 Å². The first-order valence-electron chi connectivity index (χ1n) is 12.3. The van der Waals surface area contributed by atoms with Crippen LogP contribution < -0.4 is 4.74 Å². The Morgan fingerprint density at radius 1 is 0.757 bits per heavy atom. The summed E-state index contributed by atoms with van der Waals surface area (Å²) in [6.07, 6.45) is 2.54. The Balaban J connectivity index is 1.32. The van der Waals surface area contributed by atoms with Gasteiger partial charge in [0.15, 0.2) is 0 Å². The zero-order chi connectivity index (χ0) is 25.8. The van der Waals surface area contributed by atoms with Gasteiger partial charge in [0.2, 0.25) is 0 Å². The normalized spacial score (nSPS) is 11.1. The second-order valence-corrected chi connectivity index (χ2v) is 9.06. The lowest BCUT2D eigenvalue weighted by atomic mass is 9.99. The van der Waals surface area contributed by atoms with Gasteiger partial charge in [-0.15, -0.1) is 0 Å². The molecule has 0 aliphatic rings. The van der Waals surface area contributed by atoms with Gasteiger partial charge in [-0.25, -0.2) is 9.59 Å². The highest BCUT2D eigenvalue weighted by Crippen LogP contribution is 2.29. The number of carbonyl (C=O) groups is 2. The summed E-state index contributed by atoms with van der Waals surface area (Å²) in [5, 5.41) is 22.2. The number of para-hydroxylation sites is 1. The highest BCUT2D eigenvalue weighted by molar-refractivity contribution is 5.98. The first-order valence-corrected chi connectivity index (χ1v) is 12.3. The number of aromatic nitrogens is 1. The van der Waals surface area contributed by atoms with Crippen molar-refractivity contribution < 1.29 is 24.5 Å². The number of ether oxygens (including phenoxy) is 1. The molecular weight excluding hydrogens is 466 g/mol. The van der Waals surface area contributed by atoms with Gasteiger partial charge in [-0.2, -0.15) is 0 Å². The molecule has 4 aromatic carbocycles. The van der Waals surface area contributed by atoms with E-state index < -0.39 is 11.9 Å². The van der Waals surface area contributed by atoms with Crippen molar-refractivity contribution in [3.05, 3.63) is 113 Å². The van der Waals surface area contributed by atoms with Gasteiger partial charge >= 0.3 is 11.9 Å². The number of H-pyrrole nitrogens is 1. The van der Waals surface area contributed by atoms with Gasteiger partial charge in [-0.1, -0.05) is 66.7 Å². The van der Waals surface area contributed by atoms with E-state index in [9.17, 15) is 19.8 Å². The molecule has 0 aliphatic heterocycles. The molecule has 1 heterocycles. The number of hydrogen-bond donors (Lipinski definition) is 3. The monoisotopic (exact) mass is 493 g/mol. The van der Waals surface area contributed by atoms with E-state index in [0.29, 0.717) is 32.3 Å². The molecule has 5 aromatic rings. The molecular formula is C31H27NO5. The molecule has 0 saturated carbocycles. The van der Waals surface area contributed by atoms with E-state index in [1.165, 1.54) is 0 Å². The third-order valence-corrected chi connectivity index (χ3v) is 6.68. The maximum atomic E-state index is 12.1. The van der Waals surface area contributed by atoms with Crippen molar-refractivity contribution in [1.82, 2.24) is 4.98 Å². The summed E-state index contributed by atoms with van der Waals surface area (Å²) >= 11 is 0. The molecule has 0 amide bonds. The van der Waals surface area contributed by atoms with Gasteiger partial charge in [-0.05, 0) is 66.0 Å². The van der Waals surface area contributed by atoms with Crippen LogP contribution in [-0.4, -0.2) is 33.7 Å². The summed E-state index contributed by atoms with van der Waals surface area (Å²) in [4.78, 5) is 26.5. The molecule has 0 radical (unpaired) electrons. The number of aromatic amines is 1. The molecule has 6 nitrogen and oxygen atoms in total. The van der Waals surface area contributed by atoms with E-state index in [1.807, 2.05) is 66.7 Å². The maximum Gasteiger partial charge on any atom is 0.352 e. The number of nitrogens with one attached hydrogen (secondary N) is 1. The number of carboxylic acids is 2. The van der Waals surface area contributed by atoms with Gasteiger partial charge < -0.3 is 19.9 Å². The summed E-state index contributed by atoms with van der Waals surface area (Å²) in [5.74, 6) is -1.11. The number of benzene rings is 4. The lowest BCUT2D eigenvalue weighted by molar-refractivity contribution is 0.0682. The summed E-state index contributed by atoms with van der Waals surface area (Å²) in [6, 6.07) is 26.8. The Morgan fingerprint density at radius 2 is 1.51 bits per heavy atom. The minimum Gasteiger partial charge on any atom is -0.493 e. The Hall–Kier alpha value is -4.58. The first-order chi connectivity index (χ1) is 18.0. The summed E-state index contributed by atoms with van der Waals surface area (Å²) in [5.41, 5.74) is 3.99. The minimum absolute atomic E-state index is 0.209. The molecule has 3 N–H and O–H groups in total. The number of aromatic carboxylic acids is 2. The summed E-state index contributed by atoms with van der Waals surface area (Å²) in [6.45, 7) is 0.472. The van der Waals surface area contributed by atoms with Gasteiger partial charge in [0, 0.05) is 16.3 Å². The Kier molecular flexibility index (Phi) is 6.90. The van der Waals surface area contributed by atoms with Gasteiger partial charge in [0.1, 0.15) is 11.4 Å². The van der Waals surface area contributed by atoms with Gasteiger partial charge in [0.05, 0.1) is 12.2 Å². The van der Waals surface area contributed by atoms with Crippen LogP contribution >= 0.6 is 0 Å². The van der Waals surface area contributed by atoms with E-state index in [-0.39, 0.29) is 11.3 Å². The zero-order valence-electron chi connectivity index (χ0n) is 20.2. The van der Waals surface area contributed by atoms with Crippen LogP contribution in [0.25, 0.3) is 21.7 Å². The van der Waals surface area contributed by atoms with Crippen LogP contribution in [0, 0.1) is 0 Å². The fourth-order valence-corrected chi connectivity index (χ4v) is 4.88. The molecule has 5 rings (SSSR count). The van der Waals surface area contributed by atoms with Crippen LogP contribution in [0.15, 0.2) is 84.9 Å². The minimum atomic E-state index is -0.985. The van der Waals surface area contributed by atoms with E-state index in [0.717, 1.165) is 44.1 Å². The molecule has 0 spiro atoms. The van der Waals surface area contributed by atoms with E-state index >= 15 is 0 Å². The fraction of sp³-hybridized carbons (Fsp3) is 0.161. The van der Waals surface area contributed by atoms with Crippen molar-refractivity contribution >= 4 is 33.6 Å². The van der Waals surface area contributed by atoms with Crippen LogP contribution in [0.2, 0.25) is 0 Å². The molecule has 37 heavy (non-hydrogen) atoms. The molecule has 0 unspecified atom stereocenters. The van der Waals surface area contributed by atoms with Crippen LogP contribution in [0.3, 0.4) is 0 Å². The Morgan fingerprint density at radius 3 is 2.35 bits per heavy atom. The van der Waals surface area contributed by atoms with E-state index in [4.69, 9.17) is 4.74 Å². The predicted octanol–water partition coefficient (Wildman–Crippen LogP) is 6.51. The molecule has 186 valence electrons. The van der Waals surface area contributed by atoms with Gasteiger partial charge in [0.25, 0.3) is 0 Å². The summed E-state index contributed by atoms with van der Waals surface area (Å²) < 4.78 is 6.07. The van der Waals surface area contributed by atoms with Crippen molar-refractivity contribution in [3.8, 4) is 5.75 Å². The topological polar surface area (TPSA) is 99.6 Å². The highest BCUT2D eigenvalue weighted by atomic mass is 16.5. The molecule has 0 saturated heterocycles. The van der Waals surface area contributed by atoms with E-state index in [1.54, 1.807) is 18.2 Å². The second-order valence-electron chi connectivity index (χ2n) is 9.06. The molecule has 0 fully saturated rings. The van der Waals surface area contributed by atoms with Crippen LogP contribution in [0.1, 0.15) is 44.0 Å². The van der Waals surface area contributed by atoms with Crippen molar-refractivity contribution in [2.45, 2.75) is 25.7 Å². The number of hydrogen-bond acceptors (Lipinski definition) is 3. The SMILES string of the molecule is O=C(O)c1cccc(CCc2cccc3c(CCCOc4cccc5ccccc45)c(C(=O)O)[nH]c23)c1. The van der Waals surface area contributed by atoms with Crippen molar-refractivity contribution in [3.63, 3.8) is 0 Å². The zero-order valence-corrected chi connectivity index (χ0v) is 20.2. The lowest BCUT2D eigenvalue weighted by Crippen LogP contribution is -2.04. The van der Waals surface area contributed by atoms with Crippen LogP contribution in [0.5, 0.6) is 5.75 Å². The van der Waals surface area contributed by atoms with Gasteiger partial charge in [-0.3, -0.25) is 0 Å². The highest BCUT2D eigenvalue weighted by Gasteiger charge is 2.18. The number of rotatable bonds is 10. The fourth-order valence-electron chi connectivity index (χ4n) is 4.88. The Labute approximate surface area is 214 Å². The van der Waals surface area contributed by atoms with Crippen molar-refractivity contribution in [1.29, 1.82) is 0 Å². The number of fused-ring (bicyclic) bond motifs is 2. The molecule has 6 heteroatoms. The first kappa shape index (κ1) is 24.1. The third-order valence-electron chi connectivity index (χ3n) is 6.68. The molecule has 1 aromatic heterocycles. The second kappa shape index (κ2) is 10.6. The molecule has 0 atom stereocenters.